The highest BCUT2D eigenvalue weighted by molar-refractivity contribution is 5.86. The number of hydrogen-bond donors (Lipinski definition) is 2. The Kier molecular flexibility index (Phi) is 3.14. The molecule has 0 radical (unpaired) electrons. The Morgan fingerprint density at radius 2 is 2.00 bits per heavy atom. The first-order valence-electron chi connectivity index (χ1n) is 5.71. The number of nitrogens with one attached hydrogen (secondary N) is 1. The summed E-state index contributed by atoms with van der Waals surface area (Å²) in [4.78, 5) is 23.1. The highest BCUT2D eigenvalue weighted by atomic mass is 16.4. The smallest absolute Gasteiger partial charge is 0.307 e. The highest BCUT2D eigenvalue weighted by Gasteiger charge is 2.51. The number of fused-ring (bicyclic) bond motifs is 2. The van der Waals surface area contributed by atoms with Gasteiger partial charge in [-0.1, -0.05) is 12.2 Å². The maximum atomic E-state index is 11.9. The van der Waals surface area contributed by atoms with E-state index in [9.17, 15) is 9.59 Å². The molecule has 0 aromatic carbocycles. The number of carboxylic acid groups (broad SMARTS) is 1. The third-order valence-electron chi connectivity index (χ3n) is 3.58. The van der Waals surface area contributed by atoms with E-state index in [1.54, 1.807) is 0 Å². The fourth-order valence-electron chi connectivity index (χ4n) is 2.88. The van der Waals surface area contributed by atoms with E-state index in [1.807, 2.05) is 18.2 Å². The van der Waals surface area contributed by atoms with Crippen LogP contribution in [0.4, 0.5) is 0 Å². The number of carbonyl (C=O) groups is 2. The summed E-state index contributed by atoms with van der Waals surface area (Å²) in [6, 6.07) is 1.94. The molecule has 5 heteroatoms. The predicted octanol–water partition coefficient (Wildman–Crippen LogP) is 0.539. The van der Waals surface area contributed by atoms with Crippen molar-refractivity contribution in [3.8, 4) is 6.07 Å². The van der Waals surface area contributed by atoms with Crippen molar-refractivity contribution in [2.75, 3.05) is 6.54 Å². The number of aliphatic carboxylic acids is 1. The molecule has 0 saturated heterocycles. The molecule has 0 aliphatic heterocycles. The largest absolute Gasteiger partial charge is 0.481 e. The maximum Gasteiger partial charge on any atom is 0.307 e. The van der Waals surface area contributed by atoms with Crippen LogP contribution in [0, 0.1) is 35.0 Å². The van der Waals surface area contributed by atoms with E-state index in [2.05, 4.69) is 5.32 Å². The van der Waals surface area contributed by atoms with Crippen molar-refractivity contribution in [2.45, 2.75) is 12.8 Å². The molecule has 1 fully saturated rings. The predicted molar refractivity (Wildman–Crippen MR) is 58.6 cm³/mol. The van der Waals surface area contributed by atoms with Gasteiger partial charge in [-0.25, -0.2) is 0 Å². The molecule has 2 aliphatic carbocycles. The maximum absolute atomic E-state index is 11.9. The Labute approximate surface area is 99.1 Å². The first-order chi connectivity index (χ1) is 8.15. The fraction of sp³-hybridized carbons (Fsp3) is 0.583. The van der Waals surface area contributed by atoms with Crippen molar-refractivity contribution < 1.29 is 14.7 Å². The second kappa shape index (κ2) is 4.58. The number of nitrogens with zero attached hydrogens (tertiary/aromatic N) is 1. The SMILES string of the molecule is N#CCCNC(=O)C1C2C=CC(C2)C1C(=O)O. The Morgan fingerprint density at radius 1 is 1.35 bits per heavy atom. The van der Waals surface area contributed by atoms with Crippen molar-refractivity contribution in [3.63, 3.8) is 0 Å². The second-order valence-electron chi connectivity index (χ2n) is 4.54. The lowest BCUT2D eigenvalue weighted by Crippen LogP contribution is -2.40. The molecule has 5 nitrogen and oxygen atoms in total. The summed E-state index contributed by atoms with van der Waals surface area (Å²) in [5.41, 5.74) is 0. The number of amides is 1. The van der Waals surface area contributed by atoms with Crippen molar-refractivity contribution in [3.05, 3.63) is 12.2 Å². The first-order valence-corrected chi connectivity index (χ1v) is 5.71. The molecule has 17 heavy (non-hydrogen) atoms. The molecule has 0 aromatic rings. The average Bonchev–Trinajstić information content (AvgIpc) is 2.88. The van der Waals surface area contributed by atoms with Gasteiger partial charge in [0.05, 0.1) is 24.3 Å². The lowest BCUT2D eigenvalue weighted by molar-refractivity contribution is -0.147. The van der Waals surface area contributed by atoms with Gasteiger partial charge in [-0.05, 0) is 18.3 Å². The van der Waals surface area contributed by atoms with Crippen LogP contribution in [0.3, 0.4) is 0 Å². The van der Waals surface area contributed by atoms with Crippen LogP contribution in [-0.4, -0.2) is 23.5 Å². The summed E-state index contributed by atoms with van der Waals surface area (Å²) in [5.74, 6) is -2.17. The average molecular weight is 234 g/mol. The van der Waals surface area contributed by atoms with E-state index < -0.39 is 17.8 Å². The third kappa shape index (κ3) is 2.03. The van der Waals surface area contributed by atoms with Crippen LogP contribution in [0.1, 0.15) is 12.8 Å². The molecule has 2 aliphatic rings. The molecule has 2 N–H and O–H groups in total. The molecule has 0 aromatic heterocycles. The van der Waals surface area contributed by atoms with Crippen LogP contribution in [-0.2, 0) is 9.59 Å². The van der Waals surface area contributed by atoms with Gasteiger partial charge >= 0.3 is 5.97 Å². The number of nitriles is 1. The minimum atomic E-state index is -0.901. The van der Waals surface area contributed by atoms with Crippen molar-refractivity contribution in [1.82, 2.24) is 5.32 Å². The van der Waals surface area contributed by atoms with E-state index in [-0.39, 0.29) is 24.2 Å². The Hall–Kier alpha value is -1.83. The number of rotatable bonds is 4. The van der Waals surface area contributed by atoms with Gasteiger partial charge in [0.1, 0.15) is 0 Å². The van der Waals surface area contributed by atoms with Crippen molar-refractivity contribution in [1.29, 1.82) is 5.26 Å². The fourth-order valence-corrected chi connectivity index (χ4v) is 2.88. The zero-order valence-corrected chi connectivity index (χ0v) is 9.30. The van der Waals surface area contributed by atoms with E-state index in [0.717, 1.165) is 6.42 Å². The van der Waals surface area contributed by atoms with Crippen LogP contribution < -0.4 is 5.32 Å². The van der Waals surface area contributed by atoms with Crippen LogP contribution in [0.5, 0.6) is 0 Å². The Morgan fingerprint density at radius 3 is 2.59 bits per heavy atom. The van der Waals surface area contributed by atoms with Crippen molar-refractivity contribution in [2.24, 2.45) is 23.7 Å². The molecule has 90 valence electrons. The standard InChI is InChI=1S/C12H14N2O3/c13-4-1-5-14-11(15)9-7-2-3-8(6-7)10(9)12(16)17/h2-3,7-10H,1,5-6H2,(H,14,15)(H,16,17). The van der Waals surface area contributed by atoms with Gasteiger partial charge < -0.3 is 10.4 Å². The van der Waals surface area contributed by atoms with Gasteiger partial charge in [-0.2, -0.15) is 5.26 Å². The second-order valence-corrected chi connectivity index (χ2v) is 4.54. The van der Waals surface area contributed by atoms with E-state index in [4.69, 9.17) is 10.4 Å². The monoisotopic (exact) mass is 234 g/mol. The van der Waals surface area contributed by atoms with E-state index in [0.29, 0.717) is 6.54 Å². The van der Waals surface area contributed by atoms with Gasteiger partial charge in [-0.3, -0.25) is 9.59 Å². The van der Waals surface area contributed by atoms with Crippen LogP contribution >= 0.6 is 0 Å². The molecule has 2 bridgehead atoms. The van der Waals surface area contributed by atoms with Crippen LogP contribution in [0.15, 0.2) is 12.2 Å². The lowest BCUT2D eigenvalue weighted by atomic mass is 9.82. The quantitative estimate of drug-likeness (QED) is 0.548. The van der Waals surface area contributed by atoms with Crippen LogP contribution in [0.25, 0.3) is 0 Å². The zero-order valence-electron chi connectivity index (χ0n) is 9.30. The van der Waals surface area contributed by atoms with Gasteiger partial charge in [0.25, 0.3) is 0 Å². The third-order valence-corrected chi connectivity index (χ3v) is 3.58. The summed E-state index contributed by atoms with van der Waals surface area (Å²) >= 11 is 0. The summed E-state index contributed by atoms with van der Waals surface area (Å²) < 4.78 is 0. The highest BCUT2D eigenvalue weighted by Crippen LogP contribution is 2.48. The van der Waals surface area contributed by atoms with Gasteiger partial charge in [0.15, 0.2) is 0 Å². The summed E-state index contributed by atoms with van der Waals surface area (Å²) in [6.07, 6.45) is 4.86. The van der Waals surface area contributed by atoms with Gasteiger partial charge in [0.2, 0.25) is 5.91 Å². The Balaban J connectivity index is 2.04. The minimum absolute atomic E-state index is 0.00998. The van der Waals surface area contributed by atoms with E-state index >= 15 is 0 Å². The first kappa shape index (κ1) is 11.6. The molecule has 0 spiro atoms. The number of carbonyl (C=O) groups excluding carboxylic acids is 1. The van der Waals surface area contributed by atoms with Gasteiger partial charge in [-0.15, -0.1) is 0 Å². The summed E-state index contributed by atoms with van der Waals surface area (Å²) in [5, 5.41) is 20.2. The summed E-state index contributed by atoms with van der Waals surface area (Å²) in [6.45, 7) is 0.291. The number of carboxylic acids is 1. The molecule has 1 amide bonds. The Bertz CT molecular complexity index is 410. The molecule has 0 heterocycles. The van der Waals surface area contributed by atoms with Crippen LogP contribution in [0.2, 0.25) is 0 Å². The molecule has 2 rings (SSSR count). The topological polar surface area (TPSA) is 90.2 Å². The molecular formula is C12H14N2O3. The van der Waals surface area contributed by atoms with Gasteiger partial charge in [0, 0.05) is 6.54 Å². The minimum Gasteiger partial charge on any atom is -0.481 e. The molecule has 4 atom stereocenters. The molecule has 1 saturated carbocycles. The van der Waals surface area contributed by atoms with Crippen molar-refractivity contribution >= 4 is 11.9 Å². The summed E-state index contributed by atoms with van der Waals surface area (Å²) in [7, 11) is 0. The molecule has 4 unspecified atom stereocenters. The normalized spacial score (nSPS) is 33.4. The molecular weight excluding hydrogens is 220 g/mol. The lowest BCUT2D eigenvalue weighted by Gasteiger charge is -2.23. The number of allylic oxidation sites excluding steroid dienone is 2. The number of hydrogen-bond acceptors (Lipinski definition) is 3. The zero-order chi connectivity index (χ0) is 12.4. The van der Waals surface area contributed by atoms with E-state index in [1.165, 1.54) is 0 Å².